The van der Waals surface area contributed by atoms with Gasteiger partial charge < -0.3 is 9.47 Å². The van der Waals surface area contributed by atoms with Crippen molar-refractivity contribution in [2.45, 2.75) is 44.2 Å². The maximum atomic E-state index is 12.8. The van der Waals surface area contributed by atoms with Gasteiger partial charge in [0.05, 0.1) is 15.9 Å². The van der Waals surface area contributed by atoms with E-state index in [-0.39, 0.29) is 29.4 Å². The molecule has 1 amide bonds. The fourth-order valence-electron chi connectivity index (χ4n) is 3.62. The topological polar surface area (TPSA) is 102 Å². The maximum Gasteiger partial charge on any atom is 0.317 e. The Morgan fingerprint density at radius 3 is 2.21 bits per heavy atom. The predicted molar refractivity (Wildman–Crippen MR) is 109 cm³/mol. The molecule has 29 heavy (non-hydrogen) atoms. The molecule has 1 saturated heterocycles. The zero-order valence-electron chi connectivity index (χ0n) is 16.9. The summed E-state index contributed by atoms with van der Waals surface area (Å²) in [6, 6.07) is 4.28. The molecule has 9 nitrogen and oxygen atoms in total. The summed E-state index contributed by atoms with van der Waals surface area (Å²) in [5.74, 6) is -0.248. The van der Waals surface area contributed by atoms with Crippen molar-refractivity contribution >= 4 is 27.0 Å². The lowest BCUT2D eigenvalue weighted by atomic mass is 10.1. The fraction of sp³-hybridized carbons (Fsp3) is 0.526. The van der Waals surface area contributed by atoms with Crippen molar-refractivity contribution in [2.75, 3.05) is 27.2 Å². The van der Waals surface area contributed by atoms with Crippen LogP contribution in [-0.4, -0.2) is 59.8 Å². The van der Waals surface area contributed by atoms with Gasteiger partial charge in [0.15, 0.2) is 0 Å². The zero-order valence-corrected chi connectivity index (χ0v) is 17.7. The molecular formula is C19H26N4O5S. The molecule has 0 unspecified atom stereocenters. The largest absolute Gasteiger partial charge is 0.341 e. The van der Waals surface area contributed by atoms with Crippen LogP contribution >= 0.6 is 0 Å². The van der Waals surface area contributed by atoms with Crippen LogP contribution in [-0.2, 0) is 27.9 Å². The second-order valence-electron chi connectivity index (χ2n) is 7.32. The highest BCUT2D eigenvalue weighted by molar-refractivity contribution is 7.89. The highest BCUT2D eigenvalue weighted by atomic mass is 32.2. The van der Waals surface area contributed by atoms with Gasteiger partial charge in [0.1, 0.15) is 6.54 Å². The molecule has 1 aliphatic heterocycles. The highest BCUT2D eigenvalue weighted by Gasteiger charge is 2.23. The summed E-state index contributed by atoms with van der Waals surface area (Å²) in [5.41, 5.74) is -0.884. The lowest BCUT2D eigenvalue weighted by Gasteiger charge is -2.27. The first-order valence-corrected chi connectivity index (χ1v) is 11.1. The molecule has 0 N–H and O–H groups in total. The third-order valence-electron chi connectivity index (χ3n) is 5.30. The number of sulfonamides is 1. The van der Waals surface area contributed by atoms with Crippen molar-refractivity contribution in [2.24, 2.45) is 0 Å². The van der Waals surface area contributed by atoms with Gasteiger partial charge in [-0.25, -0.2) is 12.7 Å². The van der Waals surface area contributed by atoms with E-state index in [9.17, 15) is 22.8 Å². The van der Waals surface area contributed by atoms with Crippen molar-refractivity contribution in [3.05, 3.63) is 38.9 Å². The van der Waals surface area contributed by atoms with Crippen LogP contribution < -0.4 is 11.1 Å². The molecular weight excluding hydrogens is 396 g/mol. The summed E-state index contributed by atoms with van der Waals surface area (Å²) in [6.45, 7) is 2.94. The molecule has 3 rings (SSSR count). The van der Waals surface area contributed by atoms with Crippen LogP contribution in [0.25, 0.3) is 11.0 Å². The van der Waals surface area contributed by atoms with Gasteiger partial charge in [-0.05, 0) is 44.4 Å². The molecule has 1 aliphatic rings. The normalized spacial score (nSPS) is 15.2. The number of fused-ring (bicyclic) bond motifs is 1. The van der Waals surface area contributed by atoms with Gasteiger partial charge in [-0.15, -0.1) is 0 Å². The summed E-state index contributed by atoms with van der Waals surface area (Å²) >= 11 is 0. The Morgan fingerprint density at radius 2 is 1.62 bits per heavy atom. The molecule has 2 aromatic rings. The highest BCUT2D eigenvalue weighted by Crippen LogP contribution is 2.20. The molecule has 1 fully saturated rings. The SMILES string of the molecule is CCn1c(=O)c(=O)n(CC(=O)N2CCCCC2)c2cc(S(=O)(=O)N(C)C)ccc21. The molecule has 0 bridgehead atoms. The molecule has 0 radical (unpaired) electrons. The molecule has 1 aromatic carbocycles. The number of nitrogens with zero attached hydrogens (tertiary/aromatic N) is 4. The minimum Gasteiger partial charge on any atom is -0.341 e. The molecule has 1 aromatic heterocycles. The van der Waals surface area contributed by atoms with Crippen LogP contribution in [0.4, 0.5) is 0 Å². The summed E-state index contributed by atoms with van der Waals surface area (Å²) < 4.78 is 28.6. The number of benzene rings is 1. The number of amides is 1. The number of aromatic nitrogens is 2. The molecule has 0 spiro atoms. The number of hydrogen-bond donors (Lipinski definition) is 0. The number of carbonyl (C=O) groups excluding carboxylic acids is 1. The number of piperidine rings is 1. The van der Waals surface area contributed by atoms with Crippen LogP contribution in [0.2, 0.25) is 0 Å². The van der Waals surface area contributed by atoms with Crippen molar-refractivity contribution in [1.29, 1.82) is 0 Å². The Hall–Kier alpha value is -2.46. The fourth-order valence-corrected chi connectivity index (χ4v) is 4.54. The second-order valence-corrected chi connectivity index (χ2v) is 9.47. The van der Waals surface area contributed by atoms with E-state index in [4.69, 9.17) is 0 Å². The standard InChI is InChI=1S/C19H26N4O5S/c1-4-22-15-9-8-14(29(27,28)20(2)3)12-16(15)23(19(26)18(22)25)13-17(24)21-10-6-5-7-11-21/h8-9,12H,4-7,10-11,13H2,1-3H3. The van der Waals surface area contributed by atoms with Crippen LogP contribution in [0.1, 0.15) is 26.2 Å². The molecule has 10 heteroatoms. The molecule has 0 aliphatic carbocycles. The van der Waals surface area contributed by atoms with Gasteiger partial charge in [-0.3, -0.25) is 19.0 Å². The van der Waals surface area contributed by atoms with E-state index in [1.807, 2.05) is 0 Å². The number of rotatable bonds is 5. The van der Waals surface area contributed by atoms with E-state index in [0.29, 0.717) is 18.6 Å². The minimum absolute atomic E-state index is 0.00475. The number of aryl methyl sites for hydroxylation is 1. The predicted octanol–water partition coefficient (Wildman–Crippen LogP) is 0.446. The summed E-state index contributed by atoms with van der Waals surface area (Å²) in [7, 11) is -0.909. The monoisotopic (exact) mass is 422 g/mol. The van der Waals surface area contributed by atoms with E-state index >= 15 is 0 Å². The average Bonchev–Trinajstić information content (AvgIpc) is 2.71. The van der Waals surface area contributed by atoms with Crippen molar-refractivity contribution in [1.82, 2.24) is 18.3 Å². The van der Waals surface area contributed by atoms with Gasteiger partial charge in [0.25, 0.3) is 0 Å². The summed E-state index contributed by atoms with van der Waals surface area (Å²) in [6.07, 6.45) is 2.87. The van der Waals surface area contributed by atoms with Crippen LogP contribution in [0, 0.1) is 0 Å². The lowest BCUT2D eigenvalue weighted by molar-refractivity contribution is -0.132. The minimum atomic E-state index is -3.74. The Morgan fingerprint density at radius 1 is 1.00 bits per heavy atom. The third-order valence-corrected chi connectivity index (χ3v) is 7.11. The molecule has 158 valence electrons. The molecule has 0 atom stereocenters. The quantitative estimate of drug-likeness (QED) is 0.651. The van der Waals surface area contributed by atoms with Gasteiger partial charge in [0, 0.05) is 33.7 Å². The van der Waals surface area contributed by atoms with Crippen LogP contribution in [0.3, 0.4) is 0 Å². The van der Waals surface area contributed by atoms with Gasteiger partial charge in [-0.1, -0.05) is 0 Å². The Bertz CT molecular complexity index is 1160. The van der Waals surface area contributed by atoms with Gasteiger partial charge in [-0.2, -0.15) is 0 Å². The first-order valence-electron chi connectivity index (χ1n) is 9.66. The average molecular weight is 423 g/mol. The Kier molecular flexibility index (Phi) is 5.95. The first-order chi connectivity index (χ1) is 13.7. The Balaban J connectivity index is 2.21. The van der Waals surface area contributed by atoms with Crippen molar-refractivity contribution in [3.8, 4) is 0 Å². The summed E-state index contributed by atoms with van der Waals surface area (Å²) in [5, 5.41) is 0. The maximum absolute atomic E-state index is 12.8. The van der Waals surface area contributed by atoms with Crippen LogP contribution in [0.15, 0.2) is 32.7 Å². The van der Waals surface area contributed by atoms with Crippen LogP contribution in [0.5, 0.6) is 0 Å². The third kappa shape index (κ3) is 3.86. The van der Waals surface area contributed by atoms with Crippen molar-refractivity contribution < 1.29 is 13.2 Å². The van der Waals surface area contributed by atoms with E-state index in [1.165, 1.54) is 36.9 Å². The van der Waals surface area contributed by atoms with Crippen molar-refractivity contribution in [3.63, 3.8) is 0 Å². The second kappa shape index (κ2) is 8.11. The lowest BCUT2D eigenvalue weighted by Crippen LogP contribution is -2.45. The van der Waals surface area contributed by atoms with Gasteiger partial charge in [0.2, 0.25) is 15.9 Å². The molecule has 0 saturated carbocycles. The molecule has 2 heterocycles. The van der Waals surface area contributed by atoms with E-state index in [0.717, 1.165) is 28.1 Å². The van der Waals surface area contributed by atoms with E-state index < -0.39 is 21.1 Å². The number of carbonyl (C=O) groups is 1. The van der Waals surface area contributed by atoms with E-state index in [1.54, 1.807) is 11.8 Å². The van der Waals surface area contributed by atoms with E-state index in [2.05, 4.69) is 0 Å². The zero-order chi connectivity index (χ0) is 21.3. The first kappa shape index (κ1) is 21.3. The Labute approximate surface area is 169 Å². The number of hydrogen-bond acceptors (Lipinski definition) is 5. The number of likely N-dealkylation sites (tertiary alicyclic amines) is 1. The summed E-state index contributed by atoms with van der Waals surface area (Å²) in [4.78, 5) is 39.8. The smallest absolute Gasteiger partial charge is 0.317 e. The van der Waals surface area contributed by atoms with Gasteiger partial charge >= 0.3 is 11.1 Å².